The van der Waals surface area contributed by atoms with E-state index in [-0.39, 0.29) is 18.3 Å². The van der Waals surface area contributed by atoms with E-state index in [1.165, 1.54) is 12.0 Å². The van der Waals surface area contributed by atoms with Crippen LogP contribution in [-0.2, 0) is 35.6 Å². The largest absolute Gasteiger partial charge is 0.497 e. The van der Waals surface area contributed by atoms with Crippen molar-refractivity contribution < 1.29 is 50.6 Å². The van der Waals surface area contributed by atoms with Crippen molar-refractivity contribution in [1.82, 2.24) is 30.2 Å². The number of rotatable bonds is 7. The average Bonchev–Trinajstić information content (AvgIpc) is 4.11. The van der Waals surface area contributed by atoms with E-state index < -0.39 is 99.0 Å². The Balaban J connectivity index is 1.27. The van der Waals surface area contributed by atoms with E-state index in [0.717, 1.165) is 24.0 Å². The topological polar surface area (TPSA) is 195 Å². The Labute approximate surface area is 354 Å². The smallest absolute Gasteiger partial charge is 0.408 e. The number of hydrogen-bond acceptors (Lipinski definition) is 11. The Morgan fingerprint density at radius 2 is 1.82 bits per heavy atom. The summed E-state index contributed by atoms with van der Waals surface area (Å²) >= 11 is 0. The van der Waals surface area contributed by atoms with Crippen molar-refractivity contribution >= 4 is 44.9 Å². The van der Waals surface area contributed by atoms with E-state index >= 15 is 0 Å². The molecule has 15 nitrogen and oxygen atoms in total. The second-order valence-corrected chi connectivity index (χ2v) is 20.0. The highest BCUT2D eigenvalue weighted by Gasteiger charge is 2.67. The molecule has 61 heavy (non-hydrogen) atoms. The third-order valence-electron chi connectivity index (χ3n) is 12.7. The van der Waals surface area contributed by atoms with Crippen molar-refractivity contribution in [2.75, 3.05) is 13.7 Å². The Morgan fingerprint density at radius 1 is 1.08 bits per heavy atom. The van der Waals surface area contributed by atoms with Gasteiger partial charge in [0.2, 0.25) is 34.1 Å². The van der Waals surface area contributed by atoms with Gasteiger partial charge in [-0.05, 0) is 61.6 Å². The lowest BCUT2D eigenvalue weighted by molar-refractivity contribution is -0.143. The van der Waals surface area contributed by atoms with E-state index in [1.54, 1.807) is 45.9 Å². The van der Waals surface area contributed by atoms with Gasteiger partial charge in [0, 0.05) is 29.9 Å². The van der Waals surface area contributed by atoms with Crippen LogP contribution in [-0.4, -0.2) is 102 Å². The maximum absolute atomic E-state index is 14.9. The van der Waals surface area contributed by atoms with Gasteiger partial charge in [-0.1, -0.05) is 53.7 Å². The number of alkyl carbamates (subject to hydrolysis) is 1. The predicted molar refractivity (Wildman–Crippen MR) is 219 cm³/mol. The maximum atomic E-state index is 14.9. The number of halogens is 2. The summed E-state index contributed by atoms with van der Waals surface area (Å²) in [6.07, 6.45) is -1.64. The standard InChI is InChI=1S/C43H54F2N6O9S/c1-8-26-22(2)18-32-27(26)12-10-9-11-13-30-38(47-31-19-24(58-7)14-17-29(31)46-30)59-33-21-51(39(53)35(42(4,5)6)48-41(55)60-32)34(23(33)3)37(52)49-43(20-28(43)36(44)45)40(54)50-61(56,57)25-15-16-25/h14,17,19,23,25,27-28,32-36H,1-2,9-13,15-16,18,20-21H2,3-7H3,(H,48,55)(H,49,52)(H,50,54). The fraction of sp³-hybridized carbons (Fsp3) is 0.605. The monoisotopic (exact) mass is 868 g/mol. The van der Waals surface area contributed by atoms with Crippen LogP contribution in [0.2, 0.25) is 0 Å². The van der Waals surface area contributed by atoms with Crippen LogP contribution in [0.5, 0.6) is 11.6 Å². The zero-order valence-corrected chi connectivity index (χ0v) is 35.9. The number of amides is 4. The van der Waals surface area contributed by atoms with E-state index in [2.05, 4.69) is 29.5 Å². The van der Waals surface area contributed by atoms with Gasteiger partial charge < -0.3 is 29.7 Å². The summed E-state index contributed by atoms with van der Waals surface area (Å²) in [5, 5.41) is 4.39. The summed E-state index contributed by atoms with van der Waals surface area (Å²) in [7, 11) is -2.64. The van der Waals surface area contributed by atoms with Gasteiger partial charge in [-0.25, -0.2) is 32.0 Å². The Bertz CT molecular complexity index is 2290. The number of hydrogen-bond donors (Lipinski definition) is 3. The summed E-state index contributed by atoms with van der Waals surface area (Å²) in [5.74, 6) is -5.00. The maximum Gasteiger partial charge on any atom is 0.408 e. The number of sulfonamides is 1. The molecule has 330 valence electrons. The van der Waals surface area contributed by atoms with Gasteiger partial charge in [0.15, 0.2) is 0 Å². The lowest BCUT2D eigenvalue weighted by atomic mass is 9.85. The van der Waals surface area contributed by atoms with Crippen LogP contribution in [0.3, 0.4) is 0 Å². The van der Waals surface area contributed by atoms with E-state index in [1.807, 2.05) is 4.72 Å². The third-order valence-corrected chi connectivity index (χ3v) is 14.5. The second-order valence-electron chi connectivity index (χ2n) is 18.1. The summed E-state index contributed by atoms with van der Waals surface area (Å²) in [6.45, 7) is 14.6. The number of methoxy groups -OCH3 is 1. The molecule has 2 aromatic rings. The summed E-state index contributed by atoms with van der Waals surface area (Å²) in [4.78, 5) is 67.9. The molecule has 1 aromatic carbocycles. The van der Waals surface area contributed by atoms with Gasteiger partial charge in [-0.2, -0.15) is 0 Å². The first kappa shape index (κ1) is 44.0. The summed E-state index contributed by atoms with van der Waals surface area (Å²) in [6, 6.07) is 2.55. The van der Waals surface area contributed by atoms with Crippen molar-refractivity contribution in [1.29, 1.82) is 0 Å². The average molecular weight is 869 g/mol. The molecular formula is C43H54F2N6O9S. The number of aromatic nitrogens is 2. The number of nitrogens with zero attached hydrogens (tertiary/aromatic N) is 3. The zero-order chi connectivity index (χ0) is 44.2. The van der Waals surface area contributed by atoms with Gasteiger partial charge in [0.25, 0.3) is 5.91 Å². The number of benzene rings is 1. The van der Waals surface area contributed by atoms with E-state index in [4.69, 9.17) is 24.2 Å². The van der Waals surface area contributed by atoms with Crippen LogP contribution in [0.4, 0.5) is 13.6 Å². The molecule has 3 aliphatic carbocycles. The SMILES string of the molecule is C=C=C1C(=C)CC2OC(=O)NC(C(C)(C)C)C(=O)N3CC(Oc4nc5cc(OC)ccc5nc4CCCCCC12)C(C)C3C(=O)NC1(C(=O)NS(=O)(=O)C2CC2)CC1C(F)F. The molecule has 2 aliphatic heterocycles. The van der Waals surface area contributed by atoms with Crippen molar-refractivity contribution in [3.05, 3.63) is 53.9 Å². The van der Waals surface area contributed by atoms with Crippen LogP contribution in [0, 0.1) is 23.2 Å². The van der Waals surface area contributed by atoms with Gasteiger partial charge in [0.1, 0.15) is 41.3 Å². The van der Waals surface area contributed by atoms with Crippen LogP contribution < -0.4 is 24.8 Å². The van der Waals surface area contributed by atoms with E-state index in [0.29, 0.717) is 61.0 Å². The van der Waals surface area contributed by atoms with Crippen molar-refractivity contribution in [3.63, 3.8) is 0 Å². The van der Waals surface area contributed by atoms with Crippen molar-refractivity contribution in [2.45, 2.75) is 127 Å². The lowest BCUT2D eigenvalue weighted by Gasteiger charge is -2.36. The second kappa shape index (κ2) is 16.6. The summed E-state index contributed by atoms with van der Waals surface area (Å²) in [5.41, 5.74) is 2.92. The number of aryl methyl sites for hydroxylation is 1. The Hall–Kier alpha value is -5.09. The summed E-state index contributed by atoms with van der Waals surface area (Å²) < 4.78 is 74.2. The molecule has 4 amide bonds. The fourth-order valence-electron chi connectivity index (χ4n) is 8.91. The highest BCUT2D eigenvalue weighted by molar-refractivity contribution is 7.91. The quantitative estimate of drug-likeness (QED) is 0.321. The Morgan fingerprint density at radius 3 is 2.46 bits per heavy atom. The van der Waals surface area contributed by atoms with E-state index in [9.17, 15) is 36.4 Å². The van der Waals surface area contributed by atoms with Gasteiger partial charge in [0.05, 0.1) is 35.9 Å². The van der Waals surface area contributed by atoms with Crippen LogP contribution in [0.25, 0.3) is 11.0 Å². The third kappa shape index (κ3) is 8.83. The molecule has 8 unspecified atom stereocenters. The first-order valence-electron chi connectivity index (χ1n) is 20.8. The molecule has 7 rings (SSSR count). The first-order chi connectivity index (χ1) is 28.8. The molecular weight excluding hydrogens is 815 g/mol. The zero-order valence-electron chi connectivity index (χ0n) is 35.1. The molecule has 0 spiro atoms. The molecule has 2 bridgehead atoms. The predicted octanol–water partition coefficient (Wildman–Crippen LogP) is 4.89. The van der Waals surface area contributed by atoms with Gasteiger partial charge in [-0.15, -0.1) is 5.73 Å². The number of fused-ring (bicyclic) bond motifs is 5. The molecule has 4 fully saturated rings. The number of ether oxygens (including phenoxy) is 3. The van der Waals surface area contributed by atoms with Crippen LogP contribution >= 0.6 is 0 Å². The molecule has 3 saturated carbocycles. The van der Waals surface area contributed by atoms with Crippen LogP contribution in [0.15, 0.2) is 48.2 Å². The molecule has 0 radical (unpaired) electrons. The number of carbonyl (C=O) groups excluding carboxylic acids is 4. The van der Waals surface area contributed by atoms with Gasteiger partial charge >= 0.3 is 6.09 Å². The highest BCUT2D eigenvalue weighted by Crippen LogP contribution is 2.49. The molecule has 1 aromatic heterocycles. The normalized spacial score (nSPS) is 29.9. The number of nitrogens with one attached hydrogen (secondary N) is 3. The molecule has 18 heteroatoms. The molecule has 5 aliphatic rings. The minimum atomic E-state index is -4.16. The lowest BCUT2D eigenvalue weighted by Crippen LogP contribution is -2.61. The Kier molecular flexibility index (Phi) is 12.0. The fourth-order valence-corrected chi connectivity index (χ4v) is 10.3. The van der Waals surface area contributed by atoms with Crippen molar-refractivity contribution in [2.24, 2.45) is 23.2 Å². The minimum absolute atomic E-state index is 0.173. The number of carbonyl (C=O) groups is 4. The van der Waals surface area contributed by atoms with Crippen LogP contribution in [0.1, 0.15) is 84.8 Å². The minimum Gasteiger partial charge on any atom is -0.497 e. The molecule has 3 N–H and O–H groups in total. The van der Waals surface area contributed by atoms with Crippen molar-refractivity contribution in [3.8, 4) is 11.6 Å². The number of alkyl halides is 2. The van der Waals surface area contributed by atoms with Gasteiger partial charge in [-0.3, -0.25) is 19.1 Å². The molecule has 3 heterocycles. The molecule has 1 saturated heterocycles. The highest BCUT2D eigenvalue weighted by atomic mass is 32.2. The first-order valence-corrected chi connectivity index (χ1v) is 22.4. The molecule has 8 atom stereocenters.